The number of aliphatic hydroxyl groups is 1. The van der Waals surface area contributed by atoms with Gasteiger partial charge in [-0.1, -0.05) is 12.7 Å². The number of aliphatic hydroxyl groups excluding tert-OH is 1. The second kappa shape index (κ2) is 3.71. The van der Waals surface area contributed by atoms with Gasteiger partial charge in [0, 0.05) is 12.5 Å². The molecule has 56 valence electrons. The third-order valence-corrected chi connectivity index (χ3v) is 0.884. The summed E-state index contributed by atoms with van der Waals surface area (Å²) in [6.45, 7) is 6.18. The van der Waals surface area contributed by atoms with Crippen LogP contribution in [-0.2, 0) is 9.53 Å². The summed E-state index contributed by atoms with van der Waals surface area (Å²) in [5, 5.41) is 8.85. The molecule has 0 aliphatic rings. The van der Waals surface area contributed by atoms with Crippen molar-refractivity contribution in [2.45, 2.75) is 13.8 Å². The lowest BCUT2D eigenvalue weighted by molar-refractivity contribution is -0.140. The largest absolute Gasteiger partial charge is 0.480 e. The van der Waals surface area contributed by atoms with Gasteiger partial charge in [-0.15, -0.1) is 0 Å². The molecule has 0 bridgehead atoms. The van der Waals surface area contributed by atoms with E-state index in [0.717, 1.165) is 0 Å². The highest BCUT2D eigenvalue weighted by Gasteiger charge is 2.00. The van der Waals surface area contributed by atoms with Crippen LogP contribution in [0.1, 0.15) is 13.8 Å². The Kier molecular flexibility index (Phi) is 3.25. The Morgan fingerprint density at radius 2 is 2.10 bits per heavy atom. The number of rotatable bonds is 2. The molecule has 0 heterocycles. The SMILES string of the molecule is C=C/C(C)=C(/O)OC(C)=O. The molecule has 0 aromatic rings. The van der Waals surface area contributed by atoms with Crippen molar-refractivity contribution in [3.05, 3.63) is 24.2 Å². The van der Waals surface area contributed by atoms with Crippen LogP contribution in [0.4, 0.5) is 0 Å². The third kappa shape index (κ3) is 2.91. The van der Waals surface area contributed by atoms with Crippen molar-refractivity contribution >= 4 is 5.97 Å². The van der Waals surface area contributed by atoms with Crippen molar-refractivity contribution in [2.24, 2.45) is 0 Å². The zero-order valence-electron chi connectivity index (χ0n) is 6.05. The summed E-state index contributed by atoms with van der Waals surface area (Å²) in [5.74, 6) is -0.929. The van der Waals surface area contributed by atoms with Crippen molar-refractivity contribution in [1.29, 1.82) is 0 Å². The Morgan fingerprint density at radius 1 is 1.60 bits per heavy atom. The number of hydrogen-bond acceptors (Lipinski definition) is 3. The van der Waals surface area contributed by atoms with E-state index in [1.165, 1.54) is 13.0 Å². The number of allylic oxidation sites excluding steroid dienone is 2. The van der Waals surface area contributed by atoms with E-state index < -0.39 is 5.97 Å². The molecule has 0 unspecified atom stereocenters. The van der Waals surface area contributed by atoms with Crippen LogP contribution < -0.4 is 0 Å². The smallest absolute Gasteiger partial charge is 0.310 e. The lowest BCUT2D eigenvalue weighted by Crippen LogP contribution is -1.99. The van der Waals surface area contributed by atoms with Gasteiger partial charge in [-0.3, -0.25) is 4.79 Å². The van der Waals surface area contributed by atoms with Crippen molar-refractivity contribution in [2.75, 3.05) is 0 Å². The van der Waals surface area contributed by atoms with Crippen LogP contribution in [0.2, 0.25) is 0 Å². The summed E-state index contributed by atoms with van der Waals surface area (Å²) in [4.78, 5) is 10.2. The van der Waals surface area contributed by atoms with Crippen molar-refractivity contribution < 1.29 is 14.6 Å². The fraction of sp³-hybridized carbons (Fsp3) is 0.286. The highest BCUT2D eigenvalue weighted by molar-refractivity contribution is 5.67. The maximum atomic E-state index is 10.2. The Labute approximate surface area is 59.6 Å². The number of esters is 1. The second-order valence-corrected chi connectivity index (χ2v) is 1.79. The van der Waals surface area contributed by atoms with Crippen molar-refractivity contribution in [1.82, 2.24) is 0 Å². The fourth-order valence-electron chi connectivity index (χ4n) is 0.304. The van der Waals surface area contributed by atoms with Gasteiger partial charge in [0.1, 0.15) is 0 Å². The lowest BCUT2D eigenvalue weighted by Gasteiger charge is -1.99. The van der Waals surface area contributed by atoms with Gasteiger partial charge in [0.05, 0.1) is 0 Å². The van der Waals surface area contributed by atoms with Gasteiger partial charge >= 0.3 is 5.97 Å². The molecular weight excluding hydrogens is 132 g/mol. The molecule has 0 saturated heterocycles. The summed E-state index contributed by atoms with van der Waals surface area (Å²) < 4.78 is 4.33. The molecule has 0 radical (unpaired) electrons. The van der Waals surface area contributed by atoms with Crippen molar-refractivity contribution in [3.8, 4) is 0 Å². The van der Waals surface area contributed by atoms with E-state index in [0.29, 0.717) is 5.57 Å². The molecule has 3 heteroatoms. The average Bonchev–Trinajstić information content (AvgIpc) is 1.85. The maximum absolute atomic E-state index is 10.2. The van der Waals surface area contributed by atoms with E-state index in [9.17, 15) is 4.79 Å². The van der Waals surface area contributed by atoms with Crippen LogP contribution in [0.15, 0.2) is 24.2 Å². The minimum absolute atomic E-state index is 0.387. The molecule has 0 amide bonds. The molecule has 0 aliphatic heterocycles. The Hall–Kier alpha value is -1.25. The van der Waals surface area contributed by atoms with Crippen LogP contribution in [-0.4, -0.2) is 11.1 Å². The first-order chi connectivity index (χ1) is 4.57. The molecule has 0 aromatic carbocycles. The summed E-state index contributed by atoms with van der Waals surface area (Å²) in [5.41, 5.74) is 0.440. The predicted octanol–water partition coefficient (Wildman–Crippen LogP) is 1.52. The molecule has 3 nitrogen and oxygen atoms in total. The summed E-state index contributed by atoms with van der Waals surface area (Å²) in [7, 11) is 0. The number of carbonyl (C=O) groups excluding carboxylic acids is 1. The molecule has 0 saturated carbocycles. The average molecular weight is 142 g/mol. The number of ether oxygens (including phenoxy) is 1. The summed E-state index contributed by atoms with van der Waals surface area (Å²) in [6, 6.07) is 0. The van der Waals surface area contributed by atoms with Crippen LogP contribution in [0.3, 0.4) is 0 Å². The molecule has 1 N–H and O–H groups in total. The molecule has 0 aliphatic carbocycles. The first kappa shape index (κ1) is 8.75. The Balaban J connectivity index is 4.18. The Bertz CT molecular complexity index is 179. The minimum Gasteiger partial charge on any atom is -0.480 e. The topological polar surface area (TPSA) is 46.5 Å². The highest BCUT2D eigenvalue weighted by Crippen LogP contribution is 2.02. The molecule has 0 atom stereocenters. The van der Waals surface area contributed by atoms with Gasteiger partial charge in [-0.2, -0.15) is 0 Å². The highest BCUT2D eigenvalue weighted by atomic mass is 16.6. The minimum atomic E-state index is -0.543. The quantitative estimate of drug-likeness (QED) is 0.361. The van der Waals surface area contributed by atoms with Crippen LogP contribution in [0.25, 0.3) is 0 Å². The molecular formula is C7H10O3. The van der Waals surface area contributed by atoms with E-state index in [2.05, 4.69) is 11.3 Å². The molecule has 0 rings (SSSR count). The maximum Gasteiger partial charge on any atom is 0.310 e. The molecule has 0 spiro atoms. The van der Waals surface area contributed by atoms with E-state index in [1.54, 1.807) is 6.92 Å². The Morgan fingerprint density at radius 3 is 2.40 bits per heavy atom. The monoisotopic (exact) mass is 142 g/mol. The molecule has 0 aromatic heterocycles. The zero-order valence-corrected chi connectivity index (χ0v) is 6.05. The van der Waals surface area contributed by atoms with E-state index >= 15 is 0 Å². The predicted molar refractivity (Wildman–Crippen MR) is 37.3 cm³/mol. The van der Waals surface area contributed by atoms with E-state index in [1.807, 2.05) is 0 Å². The standard InChI is InChI=1S/C7H10O3/c1-4-5(2)7(9)10-6(3)8/h4,9H,1H2,2-3H3/b7-5-. The number of hydrogen-bond donors (Lipinski definition) is 1. The van der Waals surface area contributed by atoms with Gasteiger partial charge in [0.25, 0.3) is 5.95 Å². The molecule has 0 fully saturated rings. The van der Waals surface area contributed by atoms with E-state index in [4.69, 9.17) is 5.11 Å². The van der Waals surface area contributed by atoms with Gasteiger partial charge in [0.15, 0.2) is 0 Å². The first-order valence-corrected chi connectivity index (χ1v) is 2.78. The third-order valence-electron chi connectivity index (χ3n) is 0.884. The van der Waals surface area contributed by atoms with Gasteiger partial charge in [-0.25, -0.2) is 0 Å². The normalized spacial score (nSPS) is 11.8. The second-order valence-electron chi connectivity index (χ2n) is 1.79. The van der Waals surface area contributed by atoms with Gasteiger partial charge < -0.3 is 9.84 Å². The first-order valence-electron chi connectivity index (χ1n) is 2.78. The number of carbonyl (C=O) groups is 1. The molecule has 10 heavy (non-hydrogen) atoms. The zero-order chi connectivity index (χ0) is 8.15. The van der Waals surface area contributed by atoms with Crippen LogP contribution in [0, 0.1) is 0 Å². The van der Waals surface area contributed by atoms with Gasteiger partial charge in [0.2, 0.25) is 0 Å². The summed E-state index contributed by atoms with van der Waals surface area (Å²) in [6.07, 6.45) is 1.40. The van der Waals surface area contributed by atoms with Crippen molar-refractivity contribution in [3.63, 3.8) is 0 Å². The van der Waals surface area contributed by atoms with Crippen LogP contribution in [0.5, 0.6) is 0 Å². The van der Waals surface area contributed by atoms with Crippen LogP contribution >= 0.6 is 0 Å². The summed E-state index contributed by atoms with van der Waals surface area (Å²) >= 11 is 0. The fourth-order valence-corrected chi connectivity index (χ4v) is 0.304. The lowest BCUT2D eigenvalue weighted by atomic mass is 10.3. The van der Waals surface area contributed by atoms with Gasteiger partial charge in [-0.05, 0) is 6.92 Å². The van der Waals surface area contributed by atoms with E-state index in [-0.39, 0.29) is 5.95 Å².